The first-order chi connectivity index (χ1) is 7.08. The van der Waals surface area contributed by atoms with Crippen molar-refractivity contribution in [2.24, 2.45) is 0 Å². The first kappa shape index (κ1) is 11.8. The van der Waals surface area contributed by atoms with Gasteiger partial charge in [-0.2, -0.15) is 0 Å². The highest BCUT2D eigenvalue weighted by atomic mass is 19.1. The number of nitrogen functional groups attached to an aromatic ring is 2. The van der Waals surface area contributed by atoms with Crippen molar-refractivity contribution in [2.45, 2.75) is 33.6 Å². The van der Waals surface area contributed by atoms with Crippen molar-refractivity contribution in [3.63, 3.8) is 0 Å². The number of nitrogens with two attached hydrogens (primary N) is 2. The second kappa shape index (κ2) is 4.47. The Hall–Kier alpha value is -1.32. The monoisotopic (exact) mass is 214 g/mol. The van der Waals surface area contributed by atoms with Crippen LogP contribution in [0.15, 0.2) is 0 Å². The Kier molecular flexibility index (Phi) is 3.50. The van der Waals surface area contributed by atoms with Gasteiger partial charge in [-0.25, -0.2) is 8.78 Å². The van der Waals surface area contributed by atoms with E-state index in [1.165, 1.54) is 0 Å². The third kappa shape index (κ3) is 1.76. The van der Waals surface area contributed by atoms with Gasteiger partial charge in [0.15, 0.2) is 0 Å². The zero-order valence-electron chi connectivity index (χ0n) is 9.03. The second-order valence-corrected chi connectivity index (χ2v) is 3.51. The van der Waals surface area contributed by atoms with Crippen LogP contribution in [-0.4, -0.2) is 0 Å². The Labute approximate surface area is 88.3 Å². The molecular formula is C11H16F2N2. The molecule has 15 heavy (non-hydrogen) atoms. The van der Waals surface area contributed by atoms with Gasteiger partial charge in [0.25, 0.3) is 0 Å². The molecule has 0 heterocycles. The van der Waals surface area contributed by atoms with E-state index in [0.717, 1.165) is 0 Å². The van der Waals surface area contributed by atoms with Gasteiger partial charge in [0.1, 0.15) is 13.3 Å². The molecule has 0 saturated heterocycles. The molecule has 1 aromatic carbocycles. The Balaban J connectivity index is 3.57. The van der Waals surface area contributed by atoms with Crippen molar-refractivity contribution in [1.82, 2.24) is 0 Å². The van der Waals surface area contributed by atoms with E-state index >= 15 is 0 Å². The molecule has 4 N–H and O–H groups in total. The van der Waals surface area contributed by atoms with E-state index in [1.54, 1.807) is 6.92 Å². The quantitative estimate of drug-likeness (QED) is 0.760. The smallest absolute Gasteiger partial charge is 0.119 e. The molecule has 0 aliphatic carbocycles. The van der Waals surface area contributed by atoms with E-state index in [1.807, 2.05) is 6.92 Å². The molecule has 0 unspecified atom stereocenters. The predicted octanol–water partition coefficient (Wildman–Crippen LogP) is 2.66. The summed E-state index contributed by atoms with van der Waals surface area (Å²) in [5.41, 5.74) is 14.1. The molecule has 0 aliphatic rings. The van der Waals surface area contributed by atoms with Gasteiger partial charge >= 0.3 is 0 Å². The summed E-state index contributed by atoms with van der Waals surface area (Å²) in [6.07, 6.45) is 0.583. The zero-order chi connectivity index (χ0) is 11.6. The standard InChI is InChI=1S/C11H16F2N2/c1-3-7-8(4-12)6(2)10(14)9(5-13)11(7)15/h3-5,14-15H2,1-2H3. The highest BCUT2D eigenvalue weighted by Gasteiger charge is 2.16. The maximum absolute atomic E-state index is 12.8. The number of benzene rings is 1. The molecular weight excluding hydrogens is 198 g/mol. The van der Waals surface area contributed by atoms with Gasteiger partial charge in [0.2, 0.25) is 0 Å². The van der Waals surface area contributed by atoms with Crippen LogP contribution in [-0.2, 0) is 19.8 Å². The molecule has 2 nitrogen and oxygen atoms in total. The number of hydrogen-bond donors (Lipinski definition) is 2. The Morgan fingerprint density at radius 3 is 1.87 bits per heavy atom. The molecule has 0 bridgehead atoms. The van der Waals surface area contributed by atoms with E-state index in [4.69, 9.17) is 11.5 Å². The zero-order valence-corrected chi connectivity index (χ0v) is 9.03. The van der Waals surface area contributed by atoms with Gasteiger partial charge in [-0.05, 0) is 30.0 Å². The molecule has 0 radical (unpaired) electrons. The van der Waals surface area contributed by atoms with Gasteiger partial charge in [0.05, 0.1) is 0 Å². The molecule has 4 heteroatoms. The molecule has 0 aliphatic heterocycles. The van der Waals surface area contributed by atoms with Crippen LogP contribution >= 0.6 is 0 Å². The van der Waals surface area contributed by atoms with Gasteiger partial charge in [-0.15, -0.1) is 0 Å². The number of anilines is 2. The molecule has 0 amide bonds. The molecule has 0 spiro atoms. The van der Waals surface area contributed by atoms with Crippen LogP contribution in [0.1, 0.15) is 29.2 Å². The van der Waals surface area contributed by atoms with Crippen molar-refractivity contribution in [3.05, 3.63) is 22.3 Å². The lowest BCUT2D eigenvalue weighted by Crippen LogP contribution is -2.09. The van der Waals surface area contributed by atoms with Crippen LogP contribution in [0, 0.1) is 6.92 Å². The average molecular weight is 214 g/mol. The van der Waals surface area contributed by atoms with Crippen LogP contribution in [0.4, 0.5) is 20.2 Å². The van der Waals surface area contributed by atoms with Crippen molar-refractivity contribution in [2.75, 3.05) is 11.5 Å². The SMILES string of the molecule is CCc1c(N)c(CF)c(N)c(C)c1CF. The molecule has 1 aromatic rings. The summed E-state index contributed by atoms with van der Waals surface area (Å²) in [6, 6.07) is 0. The lowest BCUT2D eigenvalue weighted by molar-refractivity contribution is 0.477. The second-order valence-electron chi connectivity index (χ2n) is 3.51. The summed E-state index contributed by atoms with van der Waals surface area (Å²) in [5.74, 6) is 0. The van der Waals surface area contributed by atoms with Gasteiger partial charge in [-0.1, -0.05) is 6.92 Å². The fourth-order valence-electron chi connectivity index (χ4n) is 1.83. The van der Waals surface area contributed by atoms with E-state index in [2.05, 4.69) is 0 Å². The average Bonchev–Trinajstić information content (AvgIpc) is 2.23. The normalized spacial score (nSPS) is 10.7. The van der Waals surface area contributed by atoms with Crippen molar-refractivity contribution in [1.29, 1.82) is 0 Å². The van der Waals surface area contributed by atoms with Crippen molar-refractivity contribution in [3.8, 4) is 0 Å². The van der Waals surface area contributed by atoms with Gasteiger partial charge < -0.3 is 11.5 Å². The summed E-state index contributed by atoms with van der Waals surface area (Å²) in [5, 5.41) is 0. The fourth-order valence-corrected chi connectivity index (χ4v) is 1.83. The summed E-state index contributed by atoms with van der Waals surface area (Å²) in [4.78, 5) is 0. The number of hydrogen-bond acceptors (Lipinski definition) is 2. The van der Waals surface area contributed by atoms with Crippen LogP contribution in [0.5, 0.6) is 0 Å². The van der Waals surface area contributed by atoms with Gasteiger partial charge in [0, 0.05) is 16.9 Å². The van der Waals surface area contributed by atoms with E-state index in [-0.39, 0.29) is 5.69 Å². The molecule has 0 aromatic heterocycles. The molecule has 1 rings (SSSR count). The third-order valence-electron chi connectivity index (χ3n) is 2.82. The van der Waals surface area contributed by atoms with Crippen molar-refractivity contribution < 1.29 is 8.78 Å². The minimum atomic E-state index is -0.710. The minimum Gasteiger partial charge on any atom is -0.398 e. The van der Waals surface area contributed by atoms with Crippen LogP contribution in [0.25, 0.3) is 0 Å². The van der Waals surface area contributed by atoms with E-state index < -0.39 is 13.3 Å². The van der Waals surface area contributed by atoms with E-state index in [9.17, 15) is 8.78 Å². The number of rotatable bonds is 3. The molecule has 0 saturated carbocycles. The number of alkyl halides is 2. The Bertz CT molecular complexity index is 376. The number of halogens is 2. The van der Waals surface area contributed by atoms with Crippen molar-refractivity contribution >= 4 is 11.4 Å². The minimum absolute atomic E-state index is 0.278. The highest BCUT2D eigenvalue weighted by Crippen LogP contribution is 2.33. The topological polar surface area (TPSA) is 52.0 Å². The summed E-state index contributed by atoms with van der Waals surface area (Å²) in [7, 11) is 0. The summed E-state index contributed by atoms with van der Waals surface area (Å²) >= 11 is 0. The molecule has 0 atom stereocenters. The first-order valence-corrected chi connectivity index (χ1v) is 4.88. The predicted molar refractivity (Wildman–Crippen MR) is 59.0 cm³/mol. The summed E-state index contributed by atoms with van der Waals surface area (Å²) < 4.78 is 25.5. The van der Waals surface area contributed by atoms with Crippen LogP contribution in [0.3, 0.4) is 0 Å². The Morgan fingerprint density at radius 2 is 1.47 bits per heavy atom. The Morgan fingerprint density at radius 1 is 0.933 bits per heavy atom. The lowest BCUT2D eigenvalue weighted by atomic mass is 9.93. The van der Waals surface area contributed by atoms with Gasteiger partial charge in [-0.3, -0.25) is 0 Å². The maximum atomic E-state index is 12.8. The highest BCUT2D eigenvalue weighted by molar-refractivity contribution is 5.71. The largest absolute Gasteiger partial charge is 0.398 e. The van der Waals surface area contributed by atoms with E-state index in [0.29, 0.717) is 34.4 Å². The third-order valence-corrected chi connectivity index (χ3v) is 2.82. The molecule has 0 fully saturated rings. The fraction of sp³-hybridized carbons (Fsp3) is 0.455. The summed E-state index contributed by atoms with van der Waals surface area (Å²) in [6.45, 7) is 2.23. The van der Waals surface area contributed by atoms with Crippen LogP contribution < -0.4 is 11.5 Å². The lowest BCUT2D eigenvalue weighted by Gasteiger charge is -2.17. The first-order valence-electron chi connectivity index (χ1n) is 4.88. The maximum Gasteiger partial charge on any atom is 0.119 e. The van der Waals surface area contributed by atoms with Crippen LogP contribution in [0.2, 0.25) is 0 Å². The molecule has 84 valence electrons.